The molecule has 1 aliphatic rings. The summed E-state index contributed by atoms with van der Waals surface area (Å²) in [4.78, 5) is 11.8. The molecule has 1 unspecified atom stereocenters. The Hall–Kier alpha value is -1.29. The number of Topliss-reactive ketones (excluding diaryl/α,β-unsaturated/α-hetero) is 1. The van der Waals surface area contributed by atoms with E-state index >= 15 is 0 Å². The number of carbonyl (C=O) groups excluding carboxylic acids is 1. The largest absolute Gasteiger partial charge is 0.316 e. The van der Waals surface area contributed by atoms with Crippen molar-refractivity contribution in [2.75, 3.05) is 13.1 Å². The SMILES string of the molecule is O=C(Cc1cccc(F)c1F)CC1CCCNC1. The molecule has 1 fully saturated rings. The summed E-state index contributed by atoms with van der Waals surface area (Å²) in [6, 6.07) is 3.97. The van der Waals surface area contributed by atoms with Crippen LogP contribution in [0, 0.1) is 17.6 Å². The van der Waals surface area contributed by atoms with Crippen molar-refractivity contribution < 1.29 is 13.6 Å². The molecule has 1 aliphatic heterocycles. The fourth-order valence-electron chi connectivity index (χ4n) is 2.39. The Kier molecular flexibility index (Phi) is 4.42. The third-order valence-electron chi connectivity index (χ3n) is 3.33. The second-order valence-electron chi connectivity index (χ2n) is 4.84. The summed E-state index contributed by atoms with van der Waals surface area (Å²) in [7, 11) is 0. The van der Waals surface area contributed by atoms with E-state index in [1.54, 1.807) is 0 Å². The highest BCUT2D eigenvalue weighted by atomic mass is 19.2. The Bertz CT molecular complexity index is 428. The van der Waals surface area contributed by atoms with E-state index in [1.807, 2.05) is 0 Å². The van der Waals surface area contributed by atoms with Gasteiger partial charge in [0.2, 0.25) is 0 Å². The molecular formula is C14H17F2NO. The maximum absolute atomic E-state index is 13.4. The van der Waals surface area contributed by atoms with Crippen molar-refractivity contribution in [3.63, 3.8) is 0 Å². The predicted molar refractivity (Wildman–Crippen MR) is 65.3 cm³/mol. The molecule has 1 N–H and O–H groups in total. The summed E-state index contributed by atoms with van der Waals surface area (Å²) in [5, 5.41) is 3.24. The van der Waals surface area contributed by atoms with Gasteiger partial charge in [0, 0.05) is 12.8 Å². The monoisotopic (exact) mass is 253 g/mol. The van der Waals surface area contributed by atoms with E-state index in [9.17, 15) is 13.6 Å². The molecule has 1 atom stereocenters. The molecule has 4 heteroatoms. The van der Waals surface area contributed by atoms with Crippen molar-refractivity contribution >= 4 is 5.78 Å². The third kappa shape index (κ3) is 3.35. The van der Waals surface area contributed by atoms with E-state index in [0.717, 1.165) is 32.0 Å². The molecule has 18 heavy (non-hydrogen) atoms. The number of ketones is 1. The van der Waals surface area contributed by atoms with Crippen LogP contribution < -0.4 is 5.32 Å². The summed E-state index contributed by atoms with van der Waals surface area (Å²) in [5.74, 6) is -1.47. The normalized spacial score (nSPS) is 19.8. The highest BCUT2D eigenvalue weighted by Crippen LogP contribution is 2.17. The number of rotatable bonds is 4. The molecule has 0 radical (unpaired) electrons. The van der Waals surface area contributed by atoms with Crippen molar-refractivity contribution in [1.82, 2.24) is 5.32 Å². The zero-order valence-electron chi connectivity index (χ0n) is 10.2. The number of piperidine rings is 1. The predicted octanol–water partition coefficient (Wildman–Crippen LogP) is 2.47. The molecule has 1 saturated heterocycles. The first-order chi connectivity index (χ1) is 8.66. The van der Waals surface area contributed by atoms with E-state index < -0.39 is 11.6 Å². The first kappa shape index (κ1) is 13.1. The Balaban J connectivity index is 1.92. The first-order valence-electron chi connectivity index (χ1n) is 6.32. The smallest absolute Gasteiger partial charge is 0.162 e. The number of hydrogen-bond donors (Lipinski definition) is 1. The van der Waals surface area contributed by atoms with Crippen LogP contribution in [0.2, 0.25) is 0 Å². The number of nitrogens with one attached hydrogen (secondary N) is 1. The minimum absolute atomic E-state index is 0.0138. The lowest BCUT2D eigenvalue weighted by Crippen LogP contribution is -2.31. The van der Waals surface area contributed by atoms with Gasteiger partial charge in [-0.2, -0.15) is 0 Å². The van der Waals surface area contributed by atoms with Crippen molar-refractivity contribution in [2.24, 2.45) is 5.92 Å². The van der Waals surface area contributed by atoms with Gasteiger partial charge in [-0.3, -0.25) is 4.79 Å². The average molecular weight is 253 g/mol. The van der Waals surface area contributed by atoms with Crippen LogP contribution in [0.25, 0.3) is 0 Å². The Morgan fingerprint density at radius 2 is 2.22 bits per heavy atom. The van der Waals surface area contributed by atoms with Gasteiger partial charge in [0.05, 0.1) is 0 Å². The van der Waals surface area contributed by atoms with Crippen LogP contribution in [0.1, 0.15) is 24.8 Å². The van der Waals surface area contributed by atoms with Crippen LogP contribution in [0.15, 0.2) is 18.2 Å². The van der Waals surface area contributed by atoms with Gasteiger partial charge >= 0.3 is 0 Å². The summed E-state index contributed by atoms with van der Waals surface area (Å²) >= 11 is 0. The Labute approximate surface area is 105 Å². The minimum Gasteiger partial charge on any atom is -0.316 e. The maximum Gasteiger partial charge on any atom is 0.162 e. The Morgan fingerprint density at radius 3 is 2.94 bits per heavy atom. The van der Waals surface area contributed by atoms with Gasteiger partial charge in [0.25, 0.3) is 0 Å². The summed E-state index contributed by atoms with van der Waals surface area (Å²) < 4.78 is 26.4. The Morgan fingerprint density at radius 1 is 1.39 bits per heavy atom. The molecule has 0 aromatic heterocycles. The van der Waals surface area contributed by atoms with Gasteiger partial charge in [-0.05, 0) is 43.5 Å². The molecular weight excluding hydrogens is 236 g/mol. The lowest BCUT2D eigenvalue weighted by molar-refractivity contribution is -0.119. The molecule has 1 aromatic carbocycles. The van der Waals surface area contributed by atoms with Gasteiger partial charge < -0.3 is 5.32 Å². The van der Waals surface area contributed by atoms with Gasteiger partial charge in [-0.1, -0.05) is 12.1 Å². The topological polar surface area (TPSA) is 29.1 Å². The highest BCUT2D eigenvalue weighted by molar-refractivity contribution is 5.81. The fourth-order valence-corrected chi connectivity index (χ4v) is 2.39. The first-order valence-corrected chi connectivity index (χ1v) is 6.32. The molecule has 0 saturated carbocycles. The maximum atomic E-state index is 13.4. The molecule has 1 aromatic rings. The molecule has 98 valence electrons. The van der Waals surface area contributed by atoms with Crippen molar-refractivity contribution in [1.29, 1.82) is 0 Å². The standard InChI is InChI=1S/C14H17F2NO/c15-13-5-1-4-11(14(13)16)8-12(18)7-10-3-2-6-17-9-10/h1,4-5,10,17H,2-3,6-9H2. The lowest BCUT2D eigenvalue weighted by Gasteiger charge is -2.21. The van der Waals surface area contributed by atoms with Crippen LogP contribution in [-0.2, 0) is 11.2 Å². The highest BCUT2D eigenvalue weighted by Gasteiger charge is 2.18. The fraction of sp³-hybridized carbons (Fsp3) is 0.500. The van der Waals surface area contributed by atoms with Crippen LogP contribution >= 0.6 is 0 Å². The van der Waals surface area contributed by atoms with E-state index in [2.05, 4.69) is 5.32 Å². The number of halogens is 2. The van der Waals surface area contributed by atoms with Crippen LogP contribution in [0.5, 0.6) is 0 Å². The zero-order valence-corrected chi connectivity index (χ0v) is 10.2. The summed E-state index contributed by atoms with van der Waals surface area (Å²) in [6.07, 6.45) is 2.54. The molecule has 0 spiro atoms. The van der Waals surface area contributed by atoms with Gasteiger partial charge in [-0.15, -0.1) is 0 Å². The second kappa shape index (κ2) is 6.05. The van der Waals surface area contributed by atoms with E-state index in [0.29, 0.717) is 12.3 Å². The van der Waals surface area contributed by atoms with Gasteiger partial charge in [0.1, 0.15) is 5.78 Å². The average Bonchev–Trinajstić information content (AvgIpc) is 2.36. The van der Waals surface area contributed by atoms with E-state index in [-0.39, 0.29) is 17.8 Å². The summed E-state index contributed by atoms with van der Waals surface area (Å²) in [6.45, 7) is 1.85. The van der Waals surface area contributed by atoms with Crippen LogP contribution in [0.4, 0.5) is 8.78 Å². The van der Waals surface area contributed by atoms with Crippen molar-refractivity contribution in [3.05, 3.63) is 35.4 Å². The van der Waals surface area contributed by atoms with Crippen molar-refractivity contribution in [2.45, 2.75) is 25.7 Å². The second-order valence-corrected chi connectivity index (χ2v) is 4.84. The number of benzene rings is 1. The van der Waals surface area contributed by atoms with Crippen LogP contribution in [0.3, 0.4) is 0 Å². The lowest BCUT2D eigenvalue weighted by atomic mass is 9.92. The van der Waals surface area contributed by atoms with E-state index in [4.69, 9.17) is 0 Å². The van der Waals surface area contributed by atoms with Gasteiger partial charge in [-0.25, -0.2) is 8.78 Å². The molecule has 0 bridgehead atoms. The van der Waals surface area contributed by atoms with Crippen LogP contribution in [-0.4, -0.2) is 18.9 Å². The summed E-state index contributed by atoms with van der Waals surface area (Å²) in [5.41, 5.74) is 0.156. The number of hydrogen-bond acceptors (Lipinski definition) is 2. The number of carbonyl (C=O) groups is 1. The zero-order chi connectivity index (χ0) is 13.0. The van der Waals surface area contributed by atoms with Crippen molar-refractivity contribution in [3.8, 4) is 0 Å². The molecule has 2 rings (SSSR count). The third-order valence-corrected chi connectivity index (χ3v) is 3.33. The molecule has 2 nitrogen and oxygen atoms in total. The minimum atomic E-state index is -0.896. The van der Waals surface area contributed by atoms with Gasteiger partial charge in [0.15, 0.2) is 11.6 Å². The van der Waals surface area contributed by atoms with E-state index in [1.165, 1.54) is 12.1 Å². The molecule has 1 heterocycles. The molecule has 0 amide bonds. The quantitative estimate of drug-likeness (QED) is 0.893. The molecule has 0 aliphatic carbocycles.